The Bertz CT molecular complexity index is 2590. The number of nitrogens with one attached hydrogen (secondary N) is 5. The van der Waals surface area contributed by atoms with E-state index in [1.165, 1.54) is 60.4 Å². The minimum Gasteiger partial charge on any atom is -0.361 e. The fourth-order valence-corrected chi connectivity index (χ4v) is 7.97. The fraction of sp³-hybridized carbons (Fsp3) is 0.526. The van der Waals surface area contributed by atoms with Gasteiger partial charge in [-0.15, -0.1) is 0 Å². The van der Waals surface area contributed by atoms with Crippen LogP contribution in [0.1, 0.15) is 270 Å². The Morgan fingerprint density at radius 1 is 0.259 bits per heavy atom. The molecule has 9 aromatic heterocycles. The van der Waals surface area contributed by atoms with Gasteiger partial charge in [0.05, 0.1) is 22.7 Å². The SMILES string of the molecule is CC.CC.CC.CC.CC.CC.CC.CC.CC.CC.CC(C)(C)c1c[nH]c2ccccc12.CC(C)(C)c1c[nH]c2cccnc12.CC(C)(C)c1c[nH]c2ccncc12.CC(C)(C)c1c[nH]c2cnccc12.CC(C)(C)c1c[nH]c2ncccc12. The lowest BCUT2D eigenvalue weighted by Gasteiger charge is -2.17. The summed E-state index contributed by atoms with van der Waals surface area (Å²) in [6.45, 7) is 73.2. The molecule has 0 saturated carbocycles. The van der Waals surface area contributed by atoms with Gasteiger partial charge in [0.1, 0.15) is 5.65 Å². The topological polar surface area (TPSA) is 131 Å². The molecule has 85 heavy (non-hydrogen) atoms. The molecule has 0 saturated heterocycles. The predicted octanol–water partition coefficient (Wildman–Crippen LogP) is 25.2. The van der Waals surface area contributed by atoms with Crippen LogP contribution >= 0.6 is 0 Å². The van der Waals surface area contributed by atoms with Crippen LogP contribution in [0, 0.1) is 0 Å². The van der Waals surface area contributed by atoms with E-state index in [-0.39, 0.29) is 27.1 Å². The number of para-hydroxylation sites is 1. The molecule has 0 aliphatic heterocycles. The molecule has 0 spiro atoms. The number of benzene rings is 1. The highest BCUT2D eigenvalue weighted by molar-refractivity contribution is 5.85. The van der Waals surface area contributed by atoms with Gasteiger partial charge < -0.3 is 24.9 Å². The first-order valence-electron chi connectivity index (χ1n) is 32.7. The average Bonchev–Trinajstić information content (AvgIpc) is 4.48. The van der Waals surface area contributed by atoms with Crippen molar-refractivity contribution in [3.63, 3.8) is 0 Å². The van der Waals surface area contributed by atoms with Crippen LogP contribution in [0.25, 0.3) is 54.8 Å². The number of H-pyrrole nitrogens is 5. The molecule has 0 radical (unpaired) electrons. The molecule has 9 heteroatoms. The summed E-state index contributed by atoms with van der Waals surface area (Å²) in [6, 6.07) is 20.6. The second-order valence-corrected chi connectivity index (χ2v) is 21.9. The molecule has 480 valence electrons. The highest BCUT2D eigenvalue weighted by Crippen LogP contribution is 2.32. The minimum atomic E-state index is 0.159. The van der Waals surface area contributed by atoms with Gasteiger partial charge in [0, 0.05) is 100 Å². The van der Waals surface area contributed by atoms with E-state index in [9.17, 15) is 0 Å². The van der Waals surface area contributed by atoms with Crippen LogP contribution in [0.5, 0.6) is 0 Å². The summed E-state index contributed by atoms with van der Waals surface area (Å²) in [7, 11) is 0. The Morgan fingerprint density at radius 3 is 1.06 bits per heavy atom. The van der Waals surface area contributed by atoms with Crippen molar-refractivity contribution >= 4 is 54.8 Å². The van der Waals surface area contributed by atoms with E-state index >= 15 is 0 Å². The Hall–Kier alpha value is -6.48. The minimum absolute atomic E-state index is 0.159. The number of rotatable bonds is 0. The Kier molecular flexibility index (Phi) is 48.0. The van der Waals surface area contributed by atoms with Crippen molar-refractivity contribution in [3.8, 4) is 0 Å². The summed E-state index contributed by atoms with van der Waals surface area (Å²) in [6.07, 6.45) is 21.5. The van der Waals surface area contributed by atoms with Gasteiger partial charge in [-0.1, -0.05) is 261 Å². The molecule has 0 aliphatic rings. The van der Waals surface area contributed by atoms with E-state index in [1.807, 2.05) is 194 Å². The van der Waals surface area contributed by atoms with Gasteiger partial charge in [-0.2, -0.15) is 0 Å². The average molecular weight is 1170 g/mol. The zero-order valence-corrected chi connectivity index (χ0v) is 61.4. The van der Waals surface area contributed by atoms with Gasteiger partial charge >= 0.3 is 0 Å². The lowest BCUT2D eigenvalue weighted by molar-refractivity contribution is 0.594. The molecule has 0 unspecified atom stereocenters. The lowest BCUT2D eigenvalue weighted by Crippen LogP contribution is -2.10. The molecule has 0 amide bonds. The van der Waals surface area contributed by atoms with Crippen LogP contribution < -0.4 is 0 Å². The van der Waals surface area contributed by atoms with E-state index in [0.717, 1.165) is 22.2 Å². The third-order valence-corrected chi connectivity index (χ3v) is 11.5. The van der Waals surface area contributed by atoms with Crippen molar-refractivity contribution in [1.82, 2.24) is 44.9 Å². The Morgan fingerprint density at radius 2 is 0.576 bits per heavy atom. The van der Waals surface area contributed by atoms with E-state index in [2.05, 4.69) is 222 Å². The summed E-state index contributed by atoms with van der Waals surface area (Å²) in [5.41, 5.74) is 14.3. The Balaban J connectivity index is -0.000000291. The first-order valence-corrected chi connectivity index (χ1v) is 32.7. The van der Waals surface area contributed by atoms with E-state index in [1.54, 1.807) is 0 Å². The number of hydrogen-bond acceptors (Lipinski definition) is 4. The van der Waals surface area contributed by atoms with Gasteiger partial charge in [-0.3, -0.25) is 15.0 Å². The third-order valence-electron chi connectivity index (χ3n) is 11.5. The van der Waals surface area contributed by atoms with Gasteiger partial charge in [0.2, 0.25) is 0 Å². The zero-order chi connectivity index (χ0) is 67.4. The van der Waals surface area contributed by atoms with Gasteiger partial charge in [0.25, 0.3) is 0 Å². The van der Waals surface area contributed by atoms with Crippen LogP contribution in [0.4, 0.5) is 0 Å². The molecule has 5 N–H and O–H groups in total. The zero-order valence-electron chi connectivity index (χ0n) is 61.4. The molecule has 0 bridgehead atoms. The summed E-state index contributed by atoms with van der Waals surface area (Å²) in [4.78, 5) is 33.0. The highest BCUT2D eigenvalue weighted by Gasteiger charge is 2.21. The third kappa shape index (κ3) is 29.0. The summed E-state index contributed by atoms with van der Waals surface area (Å²) in [5, 5.41) is 5.09. The van der Waals surface area contributed by atoms with Gasteiger partial charge in [-0.25, -0.2) is 4.98 Å². The van der Waals surface area contributed by atoms with Gasteiger partial charge in [-0.05, 0) is 91.8 Å². The number of nitrogens with zero attached hydrogens (tertiary/aromatic N) is 4. The molecule has 0 fully saturated rings. The predicted molar refractivity (Wildman–Crippen MR) is 390 cm³/mol. The Labute approximate surface area is 523 Å². The molecule has 9 nitrogen and oxygen atoms in total. The van der Waals surface area contributed by atoms with Gasteiger partial charge in [0.15, 0.2) is 0 Å². The van der Waals surface area contributed by atoms with E-state index < -0.39 is 0 Å². The number of fused-ring (bicyclic) bond motifs is 5. The number of pyridine rings is 4. The molecule has 10 rings (SSSR count). The first-order chi connectivity index (χ1) is 40.4. The van der Waals surface area contributed by atoms with Crippen molar-refractivity contribution in [1.29, 1.82) is 0 Å². The smallest absolute Gasteiger partial charge is 0.137 e. The first kappa shape index (κ1) is 87.3. The second kappa shape index (κ2) is 46.8. The standard InChI is InChI=1S/C12H15N.4C11H14N2.10C2H6/c1-12(2,3)10-8-13-11-7-5-4-6-9(10)11;1-11(2,3)9-7-13-10-4-5-12-6-8(9)10;1-11(2,3)9-6-13-10-7-12-5-4-8(9)10;1-11(2,3)8-7-13-9-5-4-6-12-10(8)9;1-11(2,3)9-7-13-10-8(9)5-4-6-12-10;10*1-2/h4-8,13H,1-3H3;3*4-7,13H,1-3H3;4-7H,1-3H3,(H,12,13);10*1-2H3. The van der Waals surface area contributed by atoms with Crippen LogP contribution in [0.15, 0.2) is 129 Å². The molecule has 0 aliphatic carbocycles. The number of hydrogen-bond donors (Lipinski definition) is 5. The van der Waals surface area contributed by atoms with Crippen molar-refractivity contribution in [2.24, 2.45) is 0 Å². The molecule has 10 aromatic rings. The maximum absolute atomic E-state index is 4.38. The van der Waals surface area contributed by atoms with Crippen LogP contribution in [-0.2, 0) is 27.1 Å². The van der Waals surface area contributed by atoms with E-state index in [4.69, 9.17) is 0 Å². The molecule has 1 aromatic carbocycles. The lowest BCUT2D eigenvalue weighted by atomic mass is 9.87. The maximum atomic E-state index is 4.38. The quantitative estimate of drug-likeness (QED) is 0.104. The summed E-state index contributed by atoms with van der Waals surface area (Å²) >= 11 is 0. The highest BCUT2D eigenvalue weighted by atomic mass is 14.8. The molecular formula is C76H131N9. The van der Waals surface area contributed by atoms with Crippen LogP contribution in [0.2, 0.25) is 0 Å². The normalized spacial score (nSPS) is 10.1. The van der Waals surface area contributed by atoms with Crippen molar-refractivity contribution in [2.45, 2.75) is 269 Å². The van der Waals surface area contributed by atoms with Crippen molar-refractivity contribution in [3.05, 3.63) is 157 Å². The molecule has 9 heterocycles. The second-order valence-electron chi connectivity index (χ2n) is 21.9. The largest absolute Gasteiger partial charge is 0.361 e. The monoisotopic (exact) mass is 1170 g/mol. The van der Waals surface area contributed by atoms with Crippen molar-refractivity contribution in [2.75, 3.05) is 0 Å². The summed E-state index contributed by atoms with van der Waals surface area (Å²) in [5.74, 6) is 0. The number of aromatic amines is 5. The maximum Gasteiger partial charge on any atom is 0.137 e. The van der Waals surface area contributed by atoms with Crippen LogP contribution in [0.3, 0.4) is 0 Å². The summed E-state index contributed by atoms with van der Waals surface area (Å²) < 4.78 is 0. The van der Waals surface area contributed by atoms with E-state index in [0.29, 0.717) is 0 Å². The van der Waals surface area contributed by atoms with Crippen molar-refractivity contribution < 1.29 is 0 Å². The molecule has 0 atom stereocenters. The fourth-order valence-electron chi connectivity index (χ4n) is 7.97. The number of aromatic nitrogens is 9. The molecular weight excluding hydrogens is 1040 g/mol. The van der Waals surface area contributed by atoms with Crippen LogP contribution in [-0.4, -0.2) is 44.9 Å².